The number of aliphatic hydroxyl groups is 1. The van der Waals surface area contributed by atoms with Crippen molar-refractivity contribution in [3.63, 3.8) is 0 Å². The van der Waals surface area contributed by atoms with Crippen molar-refractivity contribution >= 4 is 17.6 Å². The maximum atomic E-state index is 12.0. The predicted octanol–water partition coefficient (Wildman–Crippen LogP) is -0.0266. The molecule has 0 aromatic heterocycles. The summed E-state index contributed by atoms with van der Waals surface area (Å²) in [5, 5.41) is 23.6. The molecule has 1 heterocycles. The Kier molecular flexibility index (Phi) is 3.71. The lowest BCUT2D eigenvalue weighted by molar-refractivity contribution is -0.144. The second kappa shape index (κ2) is 5.27. The van der Waals surface area contributed by atoms with Crippen LogP contribution >= 0.6 is 0 Å². The van der Waals surface area contributed by atoms with Crippen LogP contribution in [0.3, 0.4) is 0 Å². The normalized spacial score (nSPS) is 20.0. The van der Waals surface area contributed by atoms with Gasteiger partial charge in [-0.15, -0.1) is 0 Å². The Morgan fingerprint density at radius 1 is 1.42 bits per heavy atom. The number of para-hydroxylation sites is 1. The van der Waals surface area contributed by atoms with E-state index in [2.05, 4.69) is 10.6 Å². The van der Waals surface area contributed by atoms with Crippen molar-refractivity contribution < 1.29 is 19.8 Å². The van der Waals surface area contributed by atoms with E-state index in [9.17, 15) is 14.7 Å². The molecule has 1 aliphatic heterocycles. The van der Waals surface area contributed by atoms with E-state index in [4.69, 9.17) is 5.11 Å². The average Bonchev–Trinajstić information content (AvgIpc) is 2.78. The number of hydrogen-bond donors (Lipinski definition) is 4. The Labute approximate surface area is 110 Å². The fourth-order valence-corrected chi connectivity index (χ4v) is 2.10. The largest absolute Gasteiger partial charge is 0.480 e. The Morgan fingerprint density at radius 2 is 2.11 bits per heavy atom. The first-order valence-corrected chi connectivity index (χ1v) is 6.04. The van der Waals surface area contributed by atoms with Gasteiger partial charge in [-0.1, -0.05) is 18.2 Å². The lowest BCUT2D eigenvalue weighted by Crippen LogP contribution is -2.51. The smallest absolute Gasteiger partial charge is 0.328 e. The van der Waals surface area contributed by atoms with Gasteiger partial charge in [0.15, 0.2) is 6.04 Å². The van der Waals surface area contributed by atoms with Crippen molar-refractivity contribution in [3.05, 3.63) is 29.8 Å². The van der Waals surface area contributed by atoms with Crippen LogP contribution in [-0.4, -0.2) is 40.3 Å². The predicted molar refractivity (Wildman–Crippen MR) is 68.8 cm³/mol. The van der Waals surface area contributed by atoms with E-state index < -0.39 is 30.1 Å². The van der Waals surface area contributed by atoms with Crippen molar-refractivity contribution in [2.24, 2.45) is 0 Å². The molecule has 1 aromatic rings. The first-order chi connectivity index (χ1) is 8.99. The van der Waals surface area contributed by atoms with Crippen LogP contribution in [0.15, 0.2) is 24.3 Å². The SMILES string of the molecule is C[C@@H](O)[C@H](NC(=O)[C@@H]1Cc2ccccc2N1)C(=O)O. The number of fused-ring (bicyclic) bond motifs is 1. The zero-order valence-electron chi connectivity index (χ0n) is 10.5. The Bertz CT molecular complexity index is 476. The van der Waals surface area contributed by atoms with Gasteiger partial charge in [-0.2, -0.15) is 0 Å². The summed E-state index contributed by atoms with van der Waals surface area (Å²) in [6, 6.07) is 5.74. The second-order valence-corrected chi connectivity index (χ2v) is 4.62. The molecular weight excluding hydrogens is 248 g/mol. The Hall–Kier alpha value is -2.08. The number of rotatable bonds is 4. The molecule has 2 rings (SSSR count). The highest BCUT2D eigenvalue weighted by Gasteiger charge is 2.31. The van der Waals surface area contributed by atoms with Crippen LogP contribution in [-0.2, 0) is 16.0 Å². The third-order valence-corrected chi connectivity index (χ3v) is 3.13. The molecule has 0 unspecified atom stereocenters. The van der Waals surface area contributed by atoms with Gasteiger partial charge in [-0.25, -0.2) is 4.79 Å². The van der Waals surface area contributed by atoms with Gasteiger partial charge in [0.25, 0.3) is 0 Å². The summed E-state index contributed by atoms with van der Waals surface area (Å²) in [5.74, 6) is -1.68. The van der Waals surface area contributed by atoms with Gasteiger partial charge in [-0.05, 0) is 18.6 Å². The summed E-state index contributed by atoms with van der Waals surface area (Å²) in [6.45, 7) is 1.33. The number of nitrogens with one attached hydrogen (secondary N) is 2. The Morgan fingerprint density at radius 3 is 2.68 bits per heavy atom. The van der Waals surface area contributed by atoms with Crippen molar-refractivity contribution in [2.75, 3.05) is 5.32 Å². The average molecular weight is 264 g/mol. The minimum Gasteiger partial charge on any atom is -0.480 e. The van der Waals surface area contributed by atoms with Crippen LogP contribution in [0.25, 0.3) is 0 Å². The molecule has 3 atom stereocenters. The molecule has 0 spiro atoms. The molecule has 0 saturated carbocycles. The zero-order chi connectivity index (χ0) is 14.0. The first kappa shape index (κ1) is 13.4. The fraction of sp³-hybridized carbons (Fsp3) is 0.385. The summed E-state index contributed by atoms with van der Waals surface area (Å²) in [4.78, 5) is 22.9. The number of aliphatic carboxylic acids is 1. The molecule has 6 heteroatoms. The molecular formula is C13H16N2O4. The molecule has 0 aliphatic carbocycles. The molecule has 19 heavy (non-hydrogen) atoms. The molecule has 0 fully saturated rings. The highest BCUT2D eigenvalue weighted by Crippen LogP contribution is 2.25. The van der Waals surface area contributed by atoms with Crippen LogP contribution in [0.4, 0.5) is 5.69 Å². The summed E-state index contributed by atoms with van der Waals surface area (Å²) in [6.07, 6.45) is -0.640. The number of amides is 1. The van der Waals surface area contributed by atoms with Gasteiger partial charge < -0.3 is 20.8 Å². The minimum atomic E-state index is -1.29. The Balaban J connectivity index is 2.01. The molecule has 4 N–H and O–H groups in total. The third-order valence-electron chi connectivity index (χ3n) is 3.13. The number of carbonyl (C=O) groups is 2. The van der Waals surface area contributed by atoms with Crippen LogP contribution < -0.4 is 10.6 Å². The fourth-order valence-electron chi connectivity index (χ4n) is 2.10. The lowest BCUT2D eigenvalue weighted by atomic mass is 10.1. The molecule has 0 bridgehead atoms. The molecule has 6 nitrogen and oxygen atoms in total. The van der Waals surface area contributed by atoms with Crippen LogP contribution in [0.5, 0.6) is 0 Å². The first-order valence-electron chi connectivity index (χ1n) is 6.04. The van der Waals surface area contributed by atoms with Crippen LogP contribution in [0, 0.1) is 0 Å². The molecule has 0 radical (unpaired) electrons. The number of hydrogen-bond acceptors (Lipinski definition) is 4. The molecule has 1 aliphatic rings. The molecule has 102 valence electrons. The zero-order valence-corrected chi connectivity index (χ0v) is 10.5. The van der Waals surface area contributed by atoms with Gasteiger partial charge in [0.05, 0.1) is 6.10 Å². The molecule has 1 aromatic carbocycles. The molecule has 1 amide bonds. The van der Waals surface area contributed by atoms with E-state index in [1.54, 1.807) is 0 Å². The standard InChI is InChI=1S/C13H16N2O4/c1-7(16)11(13(18)19)15-12(17)10-6-8-4-2-3-5-9(8)14-10/h2-5,7,10-11,14,16H,6H2,1H3,(H,15,17)(H,18,19)/t7-,10+,11+/m1/s1. The lowest BCUT2D eigenvalue weighted by Gasteiger charge is -2.19. The third kappa shape index (κ3) is 2.85. The van der Waals surface area contributed by atoms with E-state index in [0.717, 1.165) is 11.3 Å². The summed E-state index contributed by atoms with van der Waals surface area (Å²) < 4.78 is 0. The van der Waals surface area contributed by atoms with E-state index in [0.29, 0.717) is 6.42 Å². The summed E-state index contributed by atoms with van der Waals surface area (Å²) in [7, 11) is 0. The van der Waals surface area contributed by atoms with E-state index in [-0.39, 0.29) is 0 Å². The number of carboxylic acids is 1. The number of carbonyl (C=O) groups excluding carboxylic acids is 1. The van der Waals surface area contributed by atoms with Gasteiger partial charge in [-0.3, -0.25) is 4.79 Å². The van der Waals surface area contributed by atoms with E-state index in [1.807, 2.05) is 24.3 Å². The highest BCUT2D eigenvalue weighted by atomic mass is 16.4. The number of aliphatic hydroxyl groups excluding tert-OH is 1. The van der Waals surface area contributed by atoms with Crippen molar-refractivity contribution in [2.45, 2.75) is 31.5 Å². The minimum absolute atomic E-state index is 0.426. The van der Waals surface area contributed by atoms with Crippen LogP contribution in [0.1, 0.15) is 12.5 Å². The summed E-state index contributed by atoms with van der Waals surface area (Å²) in [5.41, 5.74) is 1.90. The maximum Gasteiger partial charge on any atom is 0.328 e. The van der Waals surface area contributed by atoms with Gasteiger partial charge in [0.2, 0.25) is 5.91 Å². The topological polar surface area (TPSA) is 98.7 Å². The second-order valence-electron chi connectivity index (χ2n) is 4.62. The van der Waals surface area contributed by atoms with E-state index in [1.165, 1.54) is 6.92 Å². The van der Waals surface area contributed by atoms with Crippen molar-refractivity contribution in [1.29, 1.82) is 0 Å². The van der Waals surface area contributed by atoms with Crippen molar-refractivity contribution in [1.82, 2.24) is 5.32 Å². The van der Waals surface area contributed by atoms with E-state index >= 15 is 0 Å². The van der Waals surface area contributed by atoms with Gasteiger partial charge in [0.1, 0.15) is 6.04 Å². The number of benzene rings is 1. The maximum absolute atomic E-state index is 12.0. The van der Waals surface area contributed by atoms with Crippen molar-refractivity contribution in [3.8, 4) is 0 Å². The van der Waals surface area contributed by atoms with Gasteiger partial charge in [0, 0.05) is 12.1 Å². The quantitative estimate of drug-likeness (QED) is 0.612. The van der Waals surface area contributed by atoms with Crippen LogP contribution in [0.2, 0.25) is 0 Å². The molecule has 0 saturated heterocycles. The number of anilines is 1. The monoisotopic (exact) mass is 264 g/mol. The summed E-state index contributed by atoms with van der Waals surface area (Å²) >= 11 is 0. The number of carboxylic acid groups (broad SMARTS) is 1. The highest BCUT2D eigenvalue weighted by molar-refractivity contribution is 5.90. The van der Waals surface area contributed by atoms with Gasteiger partial charge >= 0.3 is 5.97 Å².